The molecule has 0 aromatic heterocycles. The lowest BCUT2D eigenvalue weighted by atomic mass is 10.0. The van der Waals surface area contributed by atoms with Crippen molar-refractivity contribution in [1.29, 1.82) is 0 Å². The Kier molecular flexibility index (Phi) is 4.42. The molecule has 0 unspecified atom stereocenters. The number of amides is 1. The zero-order chi connectivity index (χ0) is 15.4. The average molecular weight is 287 g/mol. The van der Waals surface area contributed by atoms with Crippen molar-refractivity contribution in [3.05, 3.63) is 42.0 Å². The molecule has 0 aliphatic heterocycles. The molecule has 0 aliphatic rings. The maximum absolute atomic E-state index is 11.9. The van der Waals surface area contributed by atoms with Gasteiger partial charge in [0.25, 0.3) is 0 Å². The molecule has 110 valence electrons. The number of ether oxygens (including phenoxy) is 1. The smallest absolute Gasteiger partial charge is 0.325 e. The molecule has 21 heavy (non-hydrogen) atoms. The summed E-state index contributed by atoms with van der Waals surface area (Å²) in [6.07, 6.45) is 0.127. The van der Waals surface area contributed by atoms with Crippen molar-refractivity contribution in [2.75, 3.05) is 7.11 Å². The van der Waals surface area contributed by atoms with Crippen LogP contribution in [0.15, 0.2) is 36.4 Å². The first-order valence-electron chi connectivity index (χ1n) is 6.59. The predicted molar refractivity (Wildman–Crippen MR) is 79.4 cm³/mol. The van der Waals surface area contributed by atoms with Gasteiger partial charge < -0.3 is 15.2 Å². The zero-order valence-corrected chi connectivity index (χ0v) is 11.9. The largest absolute Gasteiger partial charge is 0.497 e. The van der Waals surface area contributed by atoms with Crippen molar-refractivity contribution in [3.8, 4) is 5.75 Å². The normalized spacial score (nSPS) is 11.9. The highest BCUT2D eigenvalue weighted by Gasteiger charge is 2.15. The van der Waals surface area contributed by atoms with Gasteiger partial charge in [-0.05, 0) is 35.4 Å². The number of carboxylic acid groups (broad SMARTS) is 1. The summed E-state index contributed by atoms with van der Waals surface area (Å²) in [7, 11) is 1.59. The number of hydrogen-bond acceptors (Lipinski definition) is 3. The summed E-state index contributed by atoms with van der Waals surface area (Å²) in [6, 6.07) is 10.4. The molecule has 2 N–H and O–H groups in total. The lowest BCUT2D eigenvalue weighted by molar-refractivity contribution is -0.141. The highest BCUT2D eigenvalue weighted by molar-refractivity contribution is 5.92. The molecule has 0 aliphatic carbocycles. The van der Waals surface area contributed by atoms with Gasteiger partial charge in [0.2, 0.25) is 5.91 Å². The average Bonchev–Trinajstić information content (AvgIpc) is 2.46. The van der Waals surface area contributed by atoms with Crippen LogP contribution in [-0.2, 0) is 16.0 Å². The summed E-state index contributed by atoms with van der Waals surface area (Å²) in [4.78, 5) is 22.7. The number of hydrogen-bond donors (Lipinski definition) is 2. The second-order valence-electron chi connectivity index (χ2n) is 4.81. The fourth-order valence-electron chi connectivity index (χ4n) is 2.12. The molecule has 1 amide bonds. The van der Waals surface area contributed by atoms with E-state index in [1.54, 1.807) is 7.11 Å². The van der Waals surface area contributed by atoms with Gasteiger partial charge in [0.15, 0.2) is 0 Å². The number of aliphatic carboxylic acids is 1. The first kappa shape index (κ1) is 14.8. The molecule has 2 rings (SSSR count). The minimum Gasteiger partial charge on any atom is -0.497 e. The highest BCUT2D eigenvalue weighted by Crippen LogP contribution is 2.24. The van der Waals surface area contributed by atoms with E-state index in [1.807, 2.05) is 36.4 Å². The number of carbonyl (C=O) groups excluding carboxylic acids is 1. The third-order valence-electron chi connectivity index (χ3n) is 3.28. The number of nitrogens with one attached hydrogen (secondary N) is 1. The third-order valence-corrected chi connectivity index (χ3v) is 3.28. The van der Waals surface area contributed by atoms with Crippen LogP contribution < -0.4 is 10.1 Å². The maximum Gasteiger partial charge on any atom is 0.325 e. The van der Waals surface area contributed by atoms with Crippen LogP contribution in [0.5, 0.6) is 5.75 Å². The number of carboxylic acids is 1. The second kappa shape index (κ2) is 6.26. The van der Waals surface area contributed by atoms with Gasteiger partial charge in [-0.3, -0.25) is 9.59 Å². The summed E-state index contributed by atoms with van der Waals surface area (Å²) in [6.45, 7) is 1.44. The van der Waals surface area contributed by atoms with Crippen LogP contribution >= 0.6 is 0 Å². The van der Waals surface area contributed by atoms with Gasteiger partial charge in [0.05, 0.1) is 13.5 Å². The molecule has 5 nitrogen and oxygen atoms in total. The van der Waals surface area contributed by atoms with E-state index in [0.29, 0.717) is 5.75 Å². The fraction of sp³-hybridized carbons (Fsp3) is 0.250. The number of rotatable bonds is 5. The molecule has 0 fully saturated rings. The number of carbonyl (C=O) groups is 2. The third kappa shape index (κ3) is 3.51. The van der Waals surface area contributed by atoms with E-state index in [2.05, 4.69) is 5.32 Å². The molecule has 5 heteroatoms. The van der Waals surface area contributed by atoms with Crippen LogP contribution in [0.4, 0.5) is 0 Å². The fourth-order valence-corrected chi connectivity index (χ4v) is 2.12. The van der Waals surface area contributed by atoms with Gasteiger partial charge in [-0.25, -0.2) is 0 Å². The van der Waals surface area contributed by atoms with Crippen molar-refractivity contribution in [2.45, 2.75) is 19.4 Å². The highest BCUT2D eigenvalue weighted by atomic mass is 16.5. The molecule has 0 spiro atoms. The minimum atomic E-state index is -1.05. The monoisotopic (exact) mass is 287 g/mol. The number of benzene rings is 2. The van der Waals surface area contributed by atoms with Crippen molar-refractivity contribution in [3.63, 3.8) is 0 Å². The van der Waals surface area contributed by atoms with Gasteiger partial charge >= 0.3 is 5.97 Å². The van der Waals surface area contributed by atoms with Gasteiger partial charge in [-0.15, -0.1) is 0 Å². The Bertz CT molecular complexity index is 681. The summed E-state index contributed by atoms with van der Waals surface area (Å²) >= 11 is 0. The van der Waals surface area contributed by atoms with Gasteiger partial charge in [-0.1, -0.05) is 24.3 Å². The van der Waals surface area contributed by atoms with Crippen molar-refractivity contribution in [1.82, 2.24) is 5.32 Å². The van der Waals surface area contributed by atoms with E-state index in [9.17, 15) is 9.59 Å². The maximum atomic E-state index is 11.9. The lowest BCUT2D eigenvalue weighted by Crippen LogP contribution is -2.39. The molecule has 2 aromatic rings. The Hall–Kier alpha value is -2.56. The first-order valence-corrected chi connectivity index (χ1v) is 6.59. The van der Waals surface area contributed by atoms with E-state index >= 15 is 0 Å². The van der Waals surface area contributed by atoms with E-state index in [1.165, 1.54) is 6.92 Å². The topological polar surface area (TPSA) is 75.6 Å². The molecule has 0 saturated heterocycles. The quantitative estimate of drug-likeness (QED) is 0.881. The number of fused-ring (bicyclic) bond motifs is 1. The molecule has 0 saturated carbocycles. The van der Waals surface area contributed by atoms with Crippen LogP contribution in [-0.4, -0.2) is 30.1 Å². The summed E-state index contributed by atoms with van der Waals surface area (Å²) in [5.74, 6) is -0.655. The lowest BCUT2D eigenvalue weighted by Gasteiger charge is -2.11. The van der Waals surface area contributed by atoms with Gasteiger partial charge in [0, 0.05) is 0 Å². The Morgan fingerprint density at radius 2 is 2.05 bits per heavy atom. The first-order chi connectivity index (χ1) is 10.0. The Morgan fingerprint density at radius 1 is 1.29 bits per heavy atom. The molecule has 1 atom stereocenters. The molecule has 0 bridgehead atoms. The number of methoxy groups -OCH3 is 1. The van der Waals surface area contributed by atoms with E-state index in [4.69, 9.17) is 9.84 Å². The summed E-state index contributed by atoms with van der Waals surface area (Å²) < 4.78 is 5.20. The van der Waals surface area contributed by atoms with Crippen molar-refractivity contribution in [2.24, 2.45) is 0 Å². The van der Waals surface area contributed by atoms with Crippen LogP contribution in [0, 0.1) is 0 Å². The van der Waals surface area contributed by atoms with E-state index in [-0.39, 0.29) is 12.3 Å². The SMILES string of the molecule is COc1ccc2cccc(CC(=O)N[C@@H](C)C(=O)O)c2c1. The molecule has 0 heterocycles. The molecule has 0 radical (unpaired) electrons. The standard InChI is InChI=1S/C16H17NO4/c1-10(16(19)20)17-15(18)8-12-5-3-4-11-6-7-13(21-2)9-14(11)12/h3-7,9-10H,8H2,1-2H3,(H,17,18)(H,19,20)/t10-/m0/s1. The van der Waals surface area contributed by atoms with Gasteiger partial charge in [-0.2, -0.15) is 0 Å². The van der Waals surface area contributed by atoms with Crippen molar-refractivity contribution < 1.29 is 19.4 Å². The minimum absolute atomic E-state index is 0.127. The Morgan fingerprint density at radius 3 is 2.71 bits per heavy atom. The molecular weight excluding hydrogens is 270 g/mol. The van der Waals surface area contributed by atoms with Crippen LogP contribution in [0.2, 0.25) is 0 Å². The van der Waals surface area contributed by atoms with E-state index < -0.39 is 12.0 Å². The van der Waals surface area contributed by atoms with Crippen LogP contribution in [0.3, 0.4) is 0 Å². The Labute approximate surface area is 122 Å². The Balaban J connectivity index is 2.25. The van der Waals surface area contributed by atoms with Crippen LogP contribution in [0.25, 0.3) is 10.8 Å². The summed E-state index contributed by atoms with van der Waals surface area (Å²) in [5, 5.41) is 13.2. The summed E-state index contributed by atoms with van der Waals surface area (Å²) in [5.41, 5.74) is 0.835. The predicted octanol–water partition coefficient (Wildman–Crippen LogP) is 1.98. The molecule has 2 aromatic carbocycles. The second-order valence-corrected chi connectivity index (χ2v) is 4.81. The molecular formula is C16H17NO4. The van der Waals surface area contributed by atoms with E-state index in [0.717, 1.165) is 16.3 Å². The van der Waals surface area contributed by atoms with Crippen LogP contribution in [0.1, 0.15) is 12.5 Å². The zero-order valence-electron chi connectivity index (χ0n) is 11.9. The van der Waals surface area contributed by atoms with Crippen molar-refractivity contribution >= 4 is 22.6 Å². The van der Waals surface area contributed by atoms with Gasteiger partial charge in [0.1, 0.15) is 11.8 Å².